The summed E-state index contributed by atoms with van der Waals surface area (Å²) in [5.74, 6) is 0.215. The first-order valence-electron chi connectivity index (χ1n) is 7.69. The van der Waals surface area contributed by atoms with E-state index in [1.54, 1.807) is 12.1 Å². The lowest BCUT2D eigenvalue weighted by molar-refractivity contribution is 1.19. The lowest BCUT2D eigenvalue weighted by atomic mass is 10.0. The van der Waals surface area contributed by atoms with Crippen LogP contribution in [0.2, 0.25) is 10.0 Å². The third-order valence-electron chi connectivity index (χ3n) is 4.00. The molecule has 25 heavy (non-hydrogen) atoms. The lowest BCUT2D eigenvalue weighted by Gasteiger charge is -2.08. The van der Waals surface area contributed by atoms with Crippen LogP contribution < -0.4 is 5.73 Å². The molecule has 0 atom stereocenters. The van der Waals surface area contributed by atoms with Crippen LogP contribution in [0, 0.1) is 0 Å². The number of fused-ring (bicyclic) bond motifs is 1. The quantitative estimate of drug-likeness (QED) is 0.484. The molecule has 0 radical (unpaired) electrons. The Morgan fingerprint density at radius 2 is 1.28 bits per heavy atom. The first-order valence-corrected chi connectivity index (χ1v) is 8.45. The maximum atomic E-state index is 6.12. The first-order chi connectivity index (χ1) is 12.1. The van der Waals surface area contributed by atoms with Crippen molar-refractivity contribution in [3.63, 3.8) is 0 Å². The van der Waals surface area contributed by atoms with Crippen molar-refractivity contribution < 1.29 is 0 Å². The van der Waals surface area contributed by atoms with Crippen molar-refractivity contribution in [2.75, 3.05) is 5.73 Å². The molecule has 2 N–H and O–H groups in total. The third kappa shape index (κ3) is 3.16. The summed E-state index contributed by atoms with van der Waals surface area (Å²) in [5, 5.41) is 3.30. The average molecular weight is 366 g/mol. The Hall–Kier alpha value is -2.62. The fraction of sp³-hybridized carbons (Fsp3) is 0. The van der Waals surface area contributed by atoms with E-state index in [-0.39, 0.29) is 5.95 Å². The number of aromatic nitrogens is 2. The fourth-order valence-electron chi connectivity index (χ4n) is 2.77. The van der Waals surface area contributed by atoms with Crippen LogP contribution >= 0.6 is 23.2 Å². The van der Waals surface area contributed by atoms with Crippen molar-refractivity contribution in [1.29, 1.82) is 0 Å². The van der Waals surface area contributed by atoms with Gasteiger partial charge in [0.05, 0.1) is 21.4 Å². The molecule has 0 fully saturated rings. The molecule has 0 spiro atoms. The molecule has 3 nitrogen and oxygen atoms in total. The van der Waals surface area contributed by atoms with Gasteiger partial charge in [0.15, 0.2) is 0 Å². The lowest BCUT2D eigenvalue weighted by Crippen LogP contribution is -1.98. The normalized spacial score (nSPS) is 11.0. The predicted octanol–water partition coefficient (Wildman–Crippen LogP) is 5.85. The maximum Gasteiger partial charge on any atom is 0.221 e. The van der Waals surface area contributed by atoms with E-state index in [2.05, 4.69) is 34.2 Å². The van der Waals surface area contributed by atoms with Crippen LogP contribution in [0.25, 0.3) is 33.3 Å². The molecule has 0 unspecified atom stereocenters. The van der Waals surface area contributed by atoms with Gasteiger partial charge in [-0.05, 0) is 35.0 Å². The van der Waals surface area contributed by atoms with Gasteiger partial charge in [-0.3, -0.25) is 0 Å². The number of hydrogen-bond acceptors (Lipinski definition) is 3. The standard InChI is InChI=1S/C20H13Cl2N3/c21-16-8-7-15(10-17(16)22)19-11-18(24-20(23)25-19)14-6-5-12-3-1-2-4-13(12)9-14/h1-11H,(H2,23,24,25). The summed E-state index contributed by atoms with van der Waals surface area (Å²) < 4.78 is 0. The molecule has 3 aromatic carbocycles. The van der Waals surface area contributed by atoms with Gasteiger partial charge in [-0.2, -0.15) is 0 Å². The summed E-state index contributed by atoms with van der Waals surface area (Å²) >= 11 is 12.1. The molecule has 122 valence electrons. The molecule has 0 aliphatic carbocycles. The smallest absolute Gasteiger partial charge is 0.221 e. The second-order valence-corrected chi connectivity index (χ2v) is 6.50. The minimum Gasteiger partial charge on any atom is -0.368 e. The summed E-state index contributed by atoms with van der Waals surface area (Å²) in [6, 6.07) is 21.7. The molecule has 1 heterocycles. The monoisotopic (exact) mass is 365 g/mol. The number of anilines is 1. The highest BCUT2D eigenvalue weighted by molar-refractivity contribution is 6.42. The van der Waals surface area contributed by atoms with Gasteiger partial charge in [0.1, 0.15) is 0 Å². The van der Waals surface area contributed by atoms with Crippen molar-refractivity contribution in [2.24, 2.45) is 0 Å². The van der Waals surface area contributed by atoms with E-state index in [0.29, 0.717) is 15.7 Å². The second kappa shape index (κ2) is 6.36. The number of hydrogen-bond donors (Lipinski definition) is 1. The highest BCUT2D eigenvalue weighted by Gasteiger charge is 2.09. The molecule has 5 heteroatoms. The Morgan fingerprint density at radius 3 is 2.00 bits per heavy atom. The number of halogens is 2. The van der Waals surface area contributed by atoms with Gasteiger partial charge in [-0.1, -0.05) is 65.7 Å². The van der Waals surface area contributed by atoms with Gasteiger partial charge in [-0.25, -0.2) is 9.97 Å². The van der Waals surface area contributed by atoms with Crippen LogP contribution in [-0.4, -0.2) is 9.97 Å². The van der Waals surface area contributed by atoms with Gasteiger partial charge in [-0.15, -0.1) is 0 Å². The molecule has 4 rings (SSSR count). The van der Waals surface area contributed by atoms with Gasteiger partial charge >= 0.3 is 0 Å². The van der Waals surface area contributed by atoms with Crippen molar-refractivity contribution in [3.05, 3.63) is 76.8 Å². The minimum atomic E-state index is 0.215. The van der Waals surface area contributed by atoms with Crippen molar-refractivity contribution >= 4 is 39.9 Å². The fourth-order valence-corrected chi connectivity index (χ4v) is 3.06. The Morgan fingerprint density at radius 1 is 0.640 bits per heavy atom. The van der Waals surface area contributed by atoms with E-state index in [0.717, 1.165) is 22.2 Å². The van der Waals surface area contributed by atoms with Crippen LogP contribution in [0.5, 0.6) is 0 Å². The molecular weight excluding hydrogens is 353 g/mol. The number of nitrogens with zero attached hydrogens (tertiary/aromatic N) is 2. The van der Waals surface area contributed by atoms with Crippen LogP contribution in [-0.2, 0) is 0 Å². The molecule has 0 bridgehead atoms. The van der Waals surface area contributed by atoms with E-state index >= 15 is 0 Å². The molecule has 4 aromatic rings. The molecule has 0 saturated heterocycles. The van der Waals surface area contributed by atoms with Crippen LogP contribution in [0.15, 0.2) is 66.7 Å². The van der Waals surface area contributed by atoms with Crippen molar-refractivity contribution in [2.45, 2.75) is 0 Å². The molecule has 0 saturated carbocycles. The van der Waals surface area contributed by atoms with Crippen LogP contribution in [0.3, 0.4) is 0 Å². The highest BCUT2D eigenvalue weighted by Crippen LogP contribution is 2.30. The number of benzene rings is 3. The number of rotatable bonds is 2. The summed E-state index contributed by atoms with van der Waals surface area (Å²) in [6.07, 6.45) is 0. The maximum absolute atomic E-state index is 6.12. The largest absolute Gasteiger partial charge is 0.368 e. The van der Waals surface area contributed by atoms with Crippen molar-refractivity contribution in [3.8, 4) is 22.5 Å². The molecule has 0 aliphatic rings. The zero-order valence-electron chi connectivity index (χ0n) is 13.1. The van der Waals surface area contributed by atoms with E-state index < -0.39 is 0 Å². The summed E-state index contributed by atoms with van der Waals surface area (Å²) in [6.45, 7) is 0. The van der Waals surface area contributed by atoms with E-state index in [9.17, 15) is 0 Å². The van der Waals surface area contributed by atoms with Gasteiger partial charge < -0.3 is 5.73 Å². The van der Waals surface area contributed by atoms with Gasteiger partial charge in [0, 0.05) is 11.1 Å². The summed E-state index contributed by atoms with van der Waals surface area (Å²) in [5.41, 5.74) is 9.22. The predicted molar refractivity (Wildman–Crippen MR) is 105 cm³/mol. The zero-order valence-corrected chi connectivity index (χ0v) is 14.6. The first kappa shape index (κ1) is 15.9. The van der Waals surface area contributed by atoms with E-state index in [4.69, 9.17) is 28.9 Å². The average Bonchev–Trinajstić information content (AvgIpc) is 2.63. The topological polar surface area (TPSA) is 51.8 Å². The van der Waals surface area contributed by atoms with E-state index in [1.807, 2.05) is 30.3 Å². The van der Waals surface area contributed by atoms with E-state index in [1.165, 1.54) is 5.39 Å². The third-order valence-corrected chi connectivity index (χ3v) is 4.74. The Labute approximate surface area is 155 Å². The molecule has 0 aliphatic heterocycles. The Kier molecular flexibility index (Phi) is 4.04. The SMILES string of the molecule is Nc1nc(-c2ccc(Cl)c(Cl)c2)cc(-c2ccc3ccccc3c2)n1. The second-order valence-electron chi connectivity index (χ2n) is 5.69. The Bertz CT molecular complexity index is 1090. The molecule has 1 aromatic heterocycles. The number of nitrogens with two attached hydrogens (primary N) is 1. The zero-order chi connectivity index (χ0) is 17.4. The molecular formula is C20H13Cl2N3. The minimum absolute atomic E-state index is 0.215. The van der Waals surface area contributed by atoms with Crippen molar-refractivity contribution in [1.82, 2.24) is 9.97 Å². The Balaban J connectivity index is 1.84. The van der Waals surface area contributed by atoms with Crippen LogP contribution in [0.4, 0.5) is 5.95 Å². The highest BCUT2D eigenvalue weighted by atomic mass is 35.5. The molecule has 0 amide bonds. The van der Waals surface area contributed by atoms with Gasteiger partial charge in [0.2, 0.25) is 5.95 Å². The summed E-state index contributed by atoms with van der Waals surface area (Å²) in [7, 11) is 0. The van der Waals surface area contributed by atoms with Crippen LogP contribution in [0.1, 0.15) is 0 Å². The van der Waals surface area contributed by atoms with Gasteiger partial charge in [0.25, 0.3) is 0 Å². The number of nitrogen functional groups attached to an aromatic ring is 1. The summed E-state index contributed by atoms with van der Waals surface area (Å²) in [4.78, 5) is 8.71.